The third kappa shape index (κ3) is 10.1. The molecule has 0 fully saturated rings. The van der Waals surface area contributed by atoms with Crippen LogP contribution in [0.1, 0.15) is 66.9 Å². The molecular weight excluding hydrogens is 454 g/mol. The van der Waals surface area contributed by atoms with Crippen molar-refractivity contribution in [1.82, 2.24) is 0 Å². The van der Waals surface area contributed by atoms with Gasteiger partial charge in [0, 0.05) is 0 Å². The molecule has 2 N–H and O–H groups in total. The summed E-state index contributed by atoms with van der Waals surface area (Å²) >= 11 is 0. The Balaban J connectivity index is 2.94. The molecule has 0 aromatic heterocycles. The maximum atomic E-state index is 12.4. The Bertz CT molecular complexity index is 882. The molecule has 0 heterocycles. The van der Waals surface area contributed by atoms with Gasteiger partial charge in [-0.25, -0.2) is 0 Å². The largest absolute Gasteiger partial charge is 0.462 e. The van der Waals surface area contributed by atoms with Gasteiger partial charge in [0.25, 0.3) is 0 Å². The van der Waals surface area contributed by atoms with Crippen molar-refractivity contribution in [1.29, 1.82) is 0 Å². The smallest absolute Gasteiger partial charge is 0.323 e. The highest BCUT2D eigenvalue weighted by molar-refractivity contribution is 5.79. The minimum Gasteiger partial charge on any atom is -0.462 e. The van der Waals surface area contributed by atoms with E-state index in [-0.39, 0.29) is 48.2 Å². The second-order valence-electron chi connectivity index (χ2n) is 9.08. The van der Waals surface area contributed by atoms with Crippen molar-refractivity contribution in [2.75, 3.05) is 6.61 Å². The van der Waals surface area contributed by atoms with Crippen molar-refractivity contribution in [3.63, 3.8) is 0 Å². The van der Waals surface area contributed by atoms with Crippen LogP contribution in [0, 0.1) is 17.8 Å². The fraction of sp³-hybridized carbons (Fsp3) is 0.615. The lowest BCUT2D eigenvalue weighted by Crippen LogP contribution is -2.37. The van der Waals surface area contributed by atoms with E-state index in [2.05, 4.69) is 0 Å². The summed E-state index contributed by atoms with van der Waals surface area (Å²) in [6, 6.07) is 3.67. The SMILES string of the molecule is CCC(C)C(=O)Oc1ccc(C[C@H](N)C(=O)O[C@@H](C)COC(=O)C(C)C)cc1OC(=O)C(C)CC. The van der Waals surface area contributed by atoms with E-state index < -0.39 is 30.1 Å². The van der Waals surface area contributed by atoms with Crippen LogP contribution in [0.15, 0.2) is 18.2 Å². The molecule has 0 spiro atoms. The van der Waals surface area contributed by atoms with Gasteiger partial charge >= 0.3 is 23.9 Å². The molecule has 9 heteroatoms. The molecule has 4 atom stereocenters. The van der Waals surface area contributed by atoms with Gasteiger partial charge in [0.1, 0.15) is 18.8 Å². The number of benzene rings is 1. The van der Waals surface area contributed by atoms with Gasteiger partial charge in [-0.15, -0.1) is 0 Å². The van der Waals surface area contributed by atoms with Crippen LogP contribution in [-0.2, 0) is 35.1 Å². The lowest BCUT2D eigenvalue weighted by atomic mass is 10.1. The van der Waals surface area contributed by atoms with Gasteiger partial charge in [-0.1, -0.05) is 47.6 Å². The summed E-state index contributed by atoms with van der Waals surface area (Å²) in [7, 11) is 0. The second-order valence-corrected chi connectivity index (χ2v) is 9.08. The van der Waals surface area contributed by atoms with Crippen LogP contribution >= 0.6 is 0 Å². The van der Waals surface area contributed by atoms with Crippen molar-refractivity contribution >= 4 is 23.9 Å². The molecule has 0 aliphatic rings. The predicted molar refractivity (Wildman–Crippen MR) is 130 cm³/mol. The number of hydrogen-bond acceptors (Lipinski definition) is 9. The molecule has 9 nitrogen and oxygen atoms in total. The third-order valence-electron chi connectivity index (χ3n) is 5.47. The fourth-order valence-corrected chi connectivity index (χ4v) is 2.62. The van der Waals surface area contributed by atoms with E-state index in [0.29, 0.717) is 18.4 Å². The number of carbonyl (C=O) groups excluding carboxylic acids is 4. The van der Waals surface area contributed by atoms with E-state index in [0.717, 1.165) is 0 Å². The molecule has 0 saturated carbocycles. The minimum absolute atomic E-state index is 0.0680. The average molecular weight is 494 g/mol. The first-order chi connectivity index (χ1) is 16.4. The van der Waals surface area contributed by atoms with Crippen LogP contribution in [0.4, 0.5) is 0 Å². The van der Waals surface area contributed by atoms with E-state index in [4.69, 9.17) is 24.7 Å². The summed E-state index contributed by atoms with van der Waals surface area (Å²) in [5.74, 6) is -2.69. The van der Waals surface area contributed by atoms with Gasteiger partial charge in [0.15, 0.2) is 11.5 Å². The predicted octanol–water partition coefficient (Wildman–Crippen LogP) is 3.59. The molecule has 0 saturated heterocycles. The summed E-state index contributed by atoms with van der Waals surface area (Å²) in [6.07, 6.45) is 0.614. The van der Waals surface area contributed by atoms with Crippen molar-refractivity contribution < 1.29 is 38.1 Å². The normalized spacial score (nSPS) is 14.4. The minimum atomic E-state index is -1.01. The summed E-state index contributed by atoms with van der Waals surface area (Å²) in [5, 5.41) is 0. The molecular formula is C26H39NO8. The molecule has 1 rings (SSSR count). The van der Waals surface area contributed by atoms with Crippen LogP contribution in [0.3, 0.4) is 0 Å². The summed E-state index contributed by atoms with van der Waals surface area (Å²) in [5.41, 5.74) is 6.61. The van der Waals surface area contributed by atoms with Crippen molar-refractivity contribution in [3.8, 4) is 11.5 Å². The zero-order chi connectivity index (χ0) is 26.7. The Labute approximate surface area is 207 Å². The topological polar surface area (TPSA) is 131 Å². The standard InChI is InChI=1S/C26H39NO8/c1-8-16(5)24(29)34-21-11-10-19(13-22(21)35-25(30)17(6)9-2)12-20(27)26(31)33-18(7)14-32-23(28)15(3)4/h10-11,13,15-18,20H,8-9,12,14,27H2,1-7H3/t16?,17?,18-,20-/m0/s1. The summed E-state index contributed by atoms with van der Waals surface area (Å²) in [4.78, 5) is 48.6. The molecule has 35 heavy (non-hydrogen) atoms. The Hall–Kier alpha value is -2.94. The molecule has 0 aliphatic carbocycles. The van der Waals surface area contributed by atoms with Gasteiger partial charge in [0.05, 0.1) is 17.8 Å². The lowest BCUT2D eigenvalue weighted by molar-refractivity contribution is -0.160. The maximum Gasteiger partial charge on any atom is 0.323 e. The maximum absolute atomic E-state index is 12.4. The van der Waals surface area contributed by atoms with E-state index in [1.807, 2.05) is 13.8 Å². The van der Waals surface area contributed by atoms with Crippen LogP contribution in [0.5, 0.6) is 11.5 Å². The zero-order valence-electron chi connectivity index (χ0n) is 21.8. The average Bonchev–Trinajstić information content (AvgIpc) is 2.82. The zero-order valence-corrected chi connectivity index (χ0v) is 21.8. The number of carbonyl (C=O) groups is 4. The van der Waals surface area contributed by atoms with Crippen molar-refractivity contribution in [3.05, 3.63) is 23.8 Å². The highest BCUT2D eigenvalue weighted by Crippen LogP contribution is 2.31. The summed E-state index contributed by atoms with van der Waals surface area (Å²) < 4.78 is 21.3. The third-order valence-corrected chi connectivity index (χ3v) is 5.47. The second kappa shape index (κ2) is 14.5. The monoisotopic (exact) mass is 493 g/mol. The Morgan fingerprint density at radius 1 is 0.800 bits per heavy atom. The van der Waals surface area contributed by atoms with Crippen molar-refractivity contribution in [2.45, 2.75) is 79.9 Å². The number of hydrogen-bond donors (Lipinski definition) is 1. The van der Waals surface area contributed by atoms with E-state index >= 15 is 0 Å². The van der Waals surface area contributed by atoms with Crippen LogP contribution in [-0.4, -0.2) is 42.6 Å². The molecule has 0 amide bonds. The fourth-order valence-electron chi connectivity index (χ4n) is 2.62. The first-order valence-corrected chi connectivity index (χ1v) is 12.1. The van der Waals surface area contributed by atoms with E-state index in [9.17, 15) is 19.2 Å². The first-order valence-electron chi connectivity index (χ1n) is 12.1. The number of nitrogens with two attached hydrogens (primary N) is 1. The van der Waals surface area contributed by atoms with Crippen LogP contribution < -0.4 is 15.2 Å². The van der Waals surface area contributed by atoms with Gasteiger partial charge in [-0.2, -0.15) is 0 Å². The van der Waals surface area contributed by atoms with Crippen molar-refractivity contribution in [2.24, 2.45) is 23.5 Å². The van der Waals surface area contributed by atoms with E-state index in [1.165, 1.54) is 12.1 Å². The number of rotatable bonds is 13. The van der Waals surface area contributed by atoms with Crippen LogP contribution in [0.25, 0.3) is 0 Å². The van der Waals surface area contributed by atoms with Gasteiger partial charge in [0.2, 0.25) is 0 Å². The van der Waals surface area contributed by atoms with E-state index in [1.54, 1.807) is 40.7 Å². The first kappa shape index (κ1) is 30.1. The molecule has 0 radical (unpaired) electrons. The molecule has 196 valence electrons. The molecule has 0 aliphatic heterocycles. The van der Waals surface area contributed by atoms with Crippen LogP contribution in [0.2, 0.25) is 0 Å². The molecule has 1 aromatic rings. The van der Waals surface area contributed by atoms with Gasteiger partial charge in [-0.3, -0.25) is 19.2 Å². The number of ether oxygens (including phenoxy) is 4. The highest BCUT2D eigenvalue weighted by atomic mass is 16.6. The molecule has 0 bridgehead atoms. The lowest BCUT2D eigenvalue weighted by Gasteiger charge is -2.18. The molecule has 2 unspecified atom stereocenters. The number of esters is 4. The van der Waals surface area contributed by atoms with Gasteiger partial charge < -0.3 is 24.7 Å². The Kier molecular flexibility index (Phi) is 12.4. The quantitative estimate of drug-likeness (QED) is 0.323. The Morgan fingerprint density at radius 2 is 1.34 bits per heavy atom. The molecule has 1 aromatic carbocycles. The van der Waals surface area contributed by atoms with Gasteiger partial charge in [-0.05, 0) is 43.9 Å². The highest BCUT2D eigenvalue weighted by Gasteiger charge is 2.23. The summed E-state index contributed by atoms with van der Waals surface area (Å²) in [6.45, 7) is 12.2. The Morgan fingerprint density at radius 3 is 1.86 bits per heavy atom.